The van der Waals surface area contributed by atoms with Gasteiger partial charge in [0.2, 0.25) is 0 Å². The maximum absolute atomic E-state index is 12.3. The number of carbonyl (C=O) groups excluding carboxylic acids is 1. The molecular formula is C20H17ClN2O3. The van der Waals surface area contributed by atoms with Crippen LogP contribution in [0.15, 0.2) is 60.3 Å². The largest absolute Gasteiger partial charge is 0.477 e. The first-order valence-corrected chi connectivity index (χ1v) is 8.48. The van der Waals surface area contributed by atoms with Crippen LogP contribution in [0, 0.1) is 0 Å². The average Bonchev–Trinajstić information content (AvgIpc) is 2.92. The molecule has 2 aromatic carbocycles. The molecule has 0 unspecified atom stereocenters. The van der Waals surface area contributed by atoms with Crippen LogP contribution in [0.25, 0.3) is 17.0 Å². The number of carbonyl (C=O) groups is 2. The van der Waals surface area contributed by atoms with Crippen molar-refractivity contribution in [1.29, 1.82) is 0 Å². The number of benzene rings is 2. The van der Waals surface area contributed by atoms with E-state index < -0.39 is 11.9 Å². The summed E-state index contributed by atoms with van der Waals surface area (Å²) in [4.78, 5) is 24.0. The molecular weight excluding hydrogens is 352 g/mol. The Morgan fingerprint density at radius 2 is 1.77 bits per heavy atom. The Balaban J connectivity index is 2.06. The summed E-state index contributed by atoms with van der Waals surface area (Å²) >= 11 is 6.47. The molecule has 26 heavy (non-hydrogen) atoms. The smallest absolute Gasteiger partial charge is 0.352 e. The molecule has 0 bridgehead atoms. The molecule has 1 amide bonds. The van der Waals surface area contributed by atoms with Gasteiger partial charge >= 0.3 is 5.97 Å². The molecule has 0 aliphatic heterocycles. The minimum atomic E-state index is -1.24. The van der Waals surface area contributed by atoms with Crippen molar-refractivity contribution in [3.8, 4) is 0 Å². The van der Waals surface area contributed by atoms with E-state index in [2.05, 4.69) is 5.32 Å². The summed E-state index contributed by atoms with van der Waals surface area (Å²) in [6, 6.07) is 16.0. The van der Waals surface area contributed by atoms with E-state index in [0.29, 0.717) is 22.8 Å². The Hall–Kier alpha value is -3.05. The quantitative estimate of drug-likeness (QED) is 0.664. The molecule has 0 saturated heterocycles. The van der Waals surface area contributed by atoms with Gasteiger partial charge in [0.05, 0.1) is 0 Å². The number of aromatic nitrogens is 1. The number of para-hydroxylation sites is 1. The van der Waals surface area contributed by atoms with Crippen molar-refractivity contribution in [3.05, 3.63) is 76.6 Å². The second kappa shape index (κ2) is 7.45. The molecule has 0 aliphatic carbocycles. The summed E-state index contributed by atoms with van der Waals surface area (Å²) in [5, 5.41) is 13.2. The fourth-order valence-electron chi connectivity index (χ4n) is 2.83. The van der Waals surface area contributed by atoms with Gasteiger partial charge in [-0.25, -0.2) is 4.79 Å². The lowest BCUT2D eigenvalue weighted by Gasteiger charge is -2.06. The molecule has 0 radical (unpaired) electrons. The zero-order chi connectivity index (χ0) is 18.7. The number of hydrogen-bond donors (Lipinski definition) is 2. The van der Waals surface area contributed by atoms with Crippen molar-refractivity contribution in [2.24, 2.45) is 0 Å². The third-order valence-corrected chi connectivity index (χ3v) is 4.47. The number of rotatable bonds is 5. The van der Waals surface area contributed by atoms with Gasteiger partial charge in [-0.1, -0.05) is 48.0 Å². The van der Waals surface area contributed by atoms with Crippen LogP contribution in [0.1, 0.15) is 22.8 Å². The zero-order valence-corrected chi connectivity index (χ0v) is 14.8. The van der Waals surface area contributed by atoms with Crippen molar-refractivity contribution >= 4 is 40.5 Å². The minimum Gasteiger partial charge on any atom is -0.477 e. The number of nitrogens with zero attached hydrogens (tertiary/aromatic N) is 1. The number of amides is 1. The first-order valence-electron chi connectivity index (χ1n) is 8.11. The van der Waals surface area contributed by atoms with Crippen LogP contribution >= 0.6 is 11.6 Å². The minimum absolute atomic E-state index is 0.236. The van der Waals surface area contributed by atoms with Crippen molar-refractivity contribution in [3.63, 3.8) is 0 Å². The summed E-state index contributed by atoms with van der Waals surface area (Å²) in [6.07, 6.45) is 1.40. The van der Waals surface area contributed by atoms with E-state index in [4.69, 9.17) is 11.6 Å². The van der Waals surface area contributed by atoms with Gasteiger partial charge in [-0.3, -0.25) is 4.79 Å². The normalized spacial score (nSPS) is 11.5. The summed E-state index contributed by atoms with van der Waals surface area (Å²) in [5.41, 5.74) is 1.61. The van der Waals surface area contributed by atoms with E-state index in [1.165, 1.54) is 6.08 Å². The monoisotopic (exact) mass is 368 g/mol. The third-order valence-electron chi connectivity index (χ3n) is 4.06. The number of fused-ring (bicyclic) bond motifs is 1. The zero-order valence-electron chi connectivity index (χ0n) is 14.1. The summed E-state index contributed by atoms with van der Waals surface area (Å²) < 4.78 is 1.89. The molecule has 0 fully saturated rings. The first kappa shape index (κ1) is 17.8. The fraction of sp³-hybridized carbons (Fsp3) is 0.100. The SMILES string of the molecule is CCn1c(Cl)c(C=C(NC(=O)c2ccccc2)C(=O)O)c2ccccc21. The number of carboxylic acid groups (broad SMARTS) is 1. The topological polar surface area (TPSA) is 71.3 Å². The highest BCUT2D eigenvalue weighted by Gasteiger charge is 2.18. The van der Waals surface area contributed by atoms with Gasteiger partial charge in [0.1, 0.15) is 10.9 Å². The molecule has 6 heteroatoms. The van der Waals surface area contributed by atoms with E-state index in [1.54, 1.807) is 30.3 Å². The van der Waals surface area contributed by atoms with E-state index in [9.17, 15) is 14.7 Å². The number of nitrogens with one attached hydrogen (secondary N) is 1. The second-order valence-electron chi connectivity index (χ2n) is 5.65. The lowest BCUT2D eigenvalue weighted by Crippen LogP contribution is -2.27. The molecule has 3 aromatic rings. The van der Waals surface area contributed by atoms with Crippen LogP contribution < -0.4 is 5.32 Å². The lowest BCUT2D eigenvalue weighted by molar-refractivity contribution is -0.132. The van der Waals surface area contributed by atoms with E-state index in [1.807, 2.05) is 35.8 Å². The standard InChI is InChI=1S/C20H17ClN2O3/c1-2-23-17-11-7-6-10-14(17)15(18(23)21)12-16(20(25)26)22-19(24)13-8-4-3-5-9-13/h3-12H,2H2,1H3,(H,22,24)(H,25,26). The number of carboxylic acids is 1. The third kappa shape index (κ3) is 3.34. The van der Waals surface area contributed by atoms with Crippen LogP contribution in [-0.2, 0) is 11.3 Å². The highest BCUT2D eigenvalue weighted by Crippen LogP contribution is 2.31. The molecule has 0 atom stereocenters. The van der Waals surface area contributed by atoms with E-state index in [0.717, 1.165) is 10.9 Å². The summed E-state index contributed by atoms with van der Waals surface area (Å²) in [5.74, 6) is -1.73. The molecule has 0 spiro atoms. The van der Waals surface area contributed by atoms with Gasteiger partial charge in [-0.05, 0) is 31.2 Å². The highest BCUT2D eigenvalue weighted by molar-refractivity contribution is 6.33. The number of aryl methyl sites for hydroxylation is 1. The molecule has 5 nitrogen and oxygen atoms in total. The first-order chi connectivity index (χ1) is 12.5. The van der Waals surface area contributed by atoms with E-state index >= 15 is 0 Å². The van der Waals surface area contributed by atoms with Crippen LogP contribution in [0.5, 0.6) is 0 Å². The van der Waals surface area contributed by atoms with Crippen molar-refractivity contribution in [2.45, 2.75) is 13.5 Å². The molecule has 1 heterocycles. The fourth-order valence-corrected chi connectivity index (χ4v) is 3.19. The Kier molecular flexibility index (Phi) is 5.09. The summed E-state index contributed by atoms with van der Waals surface area (Å²) in [6.45, 7) is 2.60. The number of aliphatic carboxylic acids is 1. The van der Waals surface area contributed by atoms with E-state index in [-0.39, 0.29) is 5.70 Å². The second-order valence-corrected chi connectivity index (χ2v) is 6.01. The summed E-state index contributed by atoms with van der Waals surface area (Å²) in [7, 11) is 0. The van der Waals surface area contributed by atoms with Gasteiger partial charge in [0.15, 0.2) is 0 Å². The van der Waals surface area contributed by atoms with Gasteiger partial charge in [-0.15, -0.1) is 0 Å². The molecule has 2 N–H and O–H groups in total. The van der Waals surface area contributed by atoms with Crippen LogP contribution in [-0.4, -0.2) is 21.6 Å². The highest BCUT2D eigenvalue weighted by atomic mass is 35.5. The van der Waals surface area contributed by atoms with Crippen LogP contribution in [0.2, 0.25) is 5.15 Å². The molecule has 132 valence electrons. The molecule has 1 aromatic heterocycles. The Bertz CT molecular complexity index is 1010. The lowest BCUT2D eigenvalue weighted by atomic mass is 10.1. The van der Waals surface area contributed by atoms with Crippen molar-refractivity contribution < 1.29 is 14.7 Å². The van der Waals surface area contributed by atoms with Gasteiger partial charge in [-0.2, -0.15) is 0 Å². The van der Waals surface area contributed by atoms with Crippen LogP contribution in [0.3, 0.4) is 0 Å². The van der Waals surface area contributed by atoms with Gasteiger partial charge < -0.3 is 15.0 Å². The van der Waals surface area contributed by atoms with Crippen molar-refractivity contribution in [2.75, 3.05) is 0 Å². The molecule has 0 aliphatic rings. The predicted molar refractivity (Wildman–Crippen MR) is 102 cm³/mol. The Morgan fingerprint density at radius 3 is 2.42 bits per heavy atom. The Labute approximate surface area is 155 Å². The van der Waals surface area contributed by atoms with Crippen molar-refractivity contribution in [1.82, 2.24) is 9.88 Å². The number of hydrogen-bond acceptors (Lipinski definition) is 2. The van der Waals surface area contributed by atoms with Gasteiger partial charge in [0, 0.05) is 28.6 Å². The molecule has 3 rings (SSSR count). The van der Waals surface area contributed by atoms with Gasteiger partial charge in [0.25, 0.3) is 5.91 Å². The maximum Gasteiger partial charge on any atom is 0.352 e. The predicted octanol–water partition coefficient (Wildman–Crippen LogP) is 4.17. The average molecular weight is 369 g/mol. The number of halogens is 1. The van der Waals surface area contributed by atoms with Crippen LogP contribution in [0.4, 0.5) is 0 Å². The Morgan fingerprint density at radius 1 is 1.12 bits per heavy atom. The maximum atomic E-state index is 12.3. The molecule has 0 saturated carbocycles.